The monoisotopic (exact) mass is 593 g/mol. The Morgan fingerprint density at radius 1 is 1.25 bits per heavy atom. The lowest BCUT2D eigenvalue weighted by Gasteiger charge is -2.28. The van der Waals surface area contributed by atoms with Gasteiger partial charge in [0.15, 0.2) is 5.65 Å². The first-order chi connectivity index (χ1) is 15.2. The van der Waals surface area contributed by atoms with Crippen molar-refractivity contribution < 1.29 is 19.0 Å². The Hall–Kier alpha value is -0.913. The topological polar surface area (TPSA) is 75.5 Å². The third kappa shape index (κ3) is 7.29. The van der Waals surface area contributed by atoms with Crippen LogP contribution in [0.4, 0.5) is 0 Å². The Balaban J connectivity index is 1.68. The smallest absolute Gasteiger partial charge is 0.306 e. The molecule has 32 heavy (non-hydrogen) atoms. The number of esters is 1. The molecule has 0 radical (unpaired) electrons. The fraction of sp³-hybridized carbons (Fsp3) is 0.682. The van der Waals surface area contributed by atoms with Gasteiger partial charge in [-0.05, 0) is 73.2 Å². The van der Waals surface area contributed by atoms with Gasteiger partial charge in [-0.1, -0.05) is 31.2 Å². The molecule has 7 nitrogen and oxygen atoms in total. The zero-order chi connectivity index (χ0) is 23.3. The lowest BCUT2D eigenvalue weighted by atomic mass is 9.85. The van der Waals surface area contributed by atoms with E-state index in [9.17, 15) is 4.79 Å². The van der Waals surface area contributed by atoms with E-state index in [0.29, 0.717) is 52.7 Å². The quantitative estimate of drug-likeness (QED) is 0.112. The molecule has 0 aromatic carbocycles. The van der Waals surface area contributed by atoms with Gasteiger partial charge in [0.25, 0.3) is 0 Å². The second-order valence-electron chi connectivity index (χ2n) is 9.54. The Bertz CT molecular complexity index is 926. The van der Waals surface area contributed by atoms with Crippen molar-refractivity contribution in [3.8, 4) is 6.01 Å². The van der Waals surface area contributed by atoms with E-state index >= 15 is 0 Å². The third-order valence-electron chi connectivity index (χ3n) is 5.66. The van der Waals surface area contributed by atoms with Crippen LogP contribution in [-0.2, 0) is 21.0 Å². The number of pyridine rings is 1. The molecule has 0 amide bonds. The highest BCUT2D eigenvalue weighted by atomic mass is 127. The summed E-state index contributed by atoms with van der Waals surface area (Å²) in [6.07, 6.45) is 4.20. The highest BCUT2D eigenvalue weighted by molar-refractivity contribution is 14.1. The number of carbonyl (C=O) groups excluding carboxylic acids is 1. The second kappa shape index (κ2) is 11.5. The number of hydrogen-bond acceptors (Lipinski definition) is 6. The molecule has 2 aromatic rings. The maximum absolute atomic E-state index is 11.8. The van der Waals surface area contributed by atoms with Gasteiger partial charge in [-0.25, -0.2) is 4.98 Å². The number of nitrogens with zero attached hydrogens (tertiary/aromatic N) is 3. The van der Waals surface area contributed by atoms with Crippen LogP contribution in [0.5, 0.6) is 6.01 Å². The molecule has 0 atom stereocenters. The molecule has 178 valence electrons. The molecule has 0 saturated heterocycles. The van der Waals surface area contributed by atoms with Gasteiger partial charge in [-0.3, -0.25) is 9.36 Å². The molecule has 0 aliphatic heterocycles. The second-order valence-corrected chi connectivity index (χ2v) is 16.6. The van der Waals surface area contributed by atoms with E-state index < -0.39 is 8.07 Å². The average Bonchev–Trinajstić information content (AvgIpc) is 3.02. The molecule has 0 bridgehead atoms. The van der Waals surface area contributed by atoms with Crippen LogP contribution in [-0.4, -0.2) is 47.9 Å². The highest BCUT2D eigenvalue weighted by Gasteiger charge is 2.27. The van der Waals surface area contributed by atoms with Crippen LogP contribution in [0.3, 0.4) is 0 Å². The number of ether oxygens (including phenoxy) is 3. The van der Waals surface area contributed by atoms with Crippen molar-refractivity contribution in [3.63, 3.8) is 0 Å². The molecule has 0 unspecified atom stereocenters. The number of hydrogen-bond donors (Lipinski definition) is 0. The predicted molar refractivity (Wildman–Crippen MR) is 137 cm³/mol. The molecule has 1 aliphatic rings. The van der Waals surface area contributed by atoms with Crippen molar-refractivity contribution in [3.05, 3.63) is 14.8 Å². The number of carbonyl (C=O) groups is 1. The van der Waals surface area contributed by atoms with Crippen LogP contribution in [0, 0.1) is 9.62 Å². The van der Waals surface area contributed by atoms with Crippen molar-refractivity contribution >= 4 is 59.4 Å². The van der Waals surface area contributed by atoms with E-state index in [1.54, 1.807) is 0 Å². The minimum absolute atomic E-state index is 0.0561. The molecule has 3 rings (SSSR count). The Morgan fingerprint density at radius 3 is 2.62 bits per heavy atom. The summed E-state index contributed by atoms with van der Waals surface area (Å²) in [5.74, 6) is 0.256. The van der Waals surface area contributed by atoms with Crippen molar-refractivity contribution in [2.45, 2.75) is 77.5 Å². The van der Waals surface area contributed by atoms with Crippen LogP contribution < -0.4 is 4.74 Å². The van der Waals surface area contributed by atoms with Gasteiger partial charge in [0, 0.05) is 21.1 Å². The first-order valence-corrected chi connectivity index (χ1v) is 16.4. The molecular formula is C22H33ClIN3O4Si. The molecule has 1 saturated carbocycles. The van der Waals surface area contributed by atoms with Crippen LogP contribution >= 0.6 is 34.2 Å². The molecule has 1 aliphatic carbocycles. The minimum Gasteiger partial charge on any atom is -0.466 e. The van der Waals surface area contributed by atoms with Gasteiger partial charge < -0.3 is 14.2 Å². The van der Waals surface area contributed by atoms with Gasteiger partial charge in [-0.15, -0.1) is 0 Å². The standard InChI is InChI=1S/C22H33ClIN3O4Si/c1-5-30-19(28)12-15-6-8-16(9-7-15)31-22-26-21-18(13-17(23)20(24)25-21)27(22)14-29-10-11-32(2,3)4/h13,15-16H,5-12,14H2,1-4H3. The van der Waals surface area contributed by atoms with E-state index in [1.807, 2.05) is 17.6 Å². The number of rotatable bonds is 10. The molecular weight excluding hydrogens is 561 g/mol. The fourth-order valence-electron chi connectivity index (χ4n) is 3.79. The van der Waals surface area contributed by atoms with E-state index in [4.69, 9.17) is 25.8 Å². The predicted octanol–water partition coefficient (Wildman–Crippen LogP) is 5.89. The first-order valence-electron chi connectivity index (χ1n) is 11.3. The minimum atomic E-state index is -1.17. The normalized spacial score (nSPS) is 19.3. The van der Waals surface area contributed by atoms with E-state index in [0.717, 1.165) is 37.2 Å². The largest absolute Gasteiger partial charge is 0.466 e. The zero-order valence-corrected chi connectivity index (χ0v) is 23.2. The van der Waals surface area contributed by atoms with Gasteiger partial charge in [0.1, 0.15) is 16.5 Å². The number of aromatic nitrogens is 3. The number of halogens is 2. The summed E-state index contributed by atoms with van der Waals surface area (Å²) >= 11 is 8.45. The zero-order valence-electron chi connectivity index (χ0n) is 19.3. The van der Waals surface area contributed by atoms with Crippen LogP contribution in [0.1, 0.15) is 39.0 Å². The maximum Gasteiger partial charge on any atom is 0.306 e. The molecule has 2 heterocycles. The first kappa shape index (κ1) is 25.7. The maximum atomic E-state index is 11.8. The summed E-state index contributed by atoms with van der Waals surface area (Å²) in [5.41, 5.74) is 1.42. The van der Waals surface area contributed by atoms with Gasteiger partial charge in [0.05, 0.1) is 17.1 Å². The van der Waals surface area contributed by atoms with Crippen LogP contribution in [0.25, 0.3) is 11.2 Å². The molecule has 0 N–H and O–H groups in total. The summed E-state index contributed by atoms with van der Waals surface area (Å²) in [5, 5.41) is 0.590. The van der Waals surface area contributed by atoms with Crippen molar-refractivity contribution in [1.29, 1.82) is 0 Å². The average molecular weight is 594 g/mol. The fourth-order valence-corrected chi connectivity index (χ4v) is 5.08. The summed E-state index contributed by atoms with van der Waals surface area (Å²) < 4.78 is 20.1. The molecule has 1 fully saturated rings. The van der Waals surface area contributed by atoms with Crippen molar-refractivity contribution in [2.75, 3.05) is 13.2 Å². The summed E-state index contributed by atoms with van der Waals surface area (Å²) in [6.45, 7) is 10.3. The van der Waals surface area contributed by atoms with Crippen molar-refractivity contribution in [2.24, 2.45) is 5.92 Å². The van der Waals surface area contributed by atoms with Crippen molar-refractivity contribution in [1.82, 2.24) is 14.5 Å². The Labute approximate surface area is 209 Å². The number of fused-ring (bicyclic) bond motifs is 1. The van der Waals surface area contributed by atoms with Gasteiger partial charge >= 0.3 is 12.0 Å². The Morgan fingerprint density at radius 2 is 1.97 bits per heavy atom. The lowest BCUT2D eigenvalue weighted by molar-refractivity contribution is -0.144. The highest BCUT2D eigenvalue weighted by Crippen LogP contribution is 2.32. The molecule has 0 spiro atoms. The Kier molecular flexibility index (Phi) is 9.22. The van der Waals surface area contributed by atoms with Gasteiger partial charge in [0.2, 0.25) is 0 Å². The molecule has 10 heteroatoms. The summed E-state index contributed by atoms with van der Waals surface area (Å²) in [4.78, 5) is 20.9. The summed E-state index contributed by atoms with van der Waals surface area (Å²) in [7, 11) is -1.17. The van der Waals surface area contributed by atoms with Crippen LogP contribution in [0.15, 0.2) is 6.07 Å². The van der Waals surface area contributed by atoms with E-state index in [1.165, 1.54) is 0 Å². The SMILES string of the molecule is CCOC(=O)CC1CCC(Oc2nc3nc(I)c(Cl)cc3n2COCC[Si](C)(C)C)CC1. The van der Waals surface area contributed by atoms with E-state index in [-0.39, 0.29) is 12.1 Å². The summed E-state index contributed by atoms with van der Waals surface area (Å²) in [6, 6.07) is 3.49. The lowest BCUT2D eigenvalue weighted by Crippen LogP contribution is -2.27. The third-order valence-corrected chi connectivity index (χ3v) is 8.79. The van der Waals surface area contributed by atoms with Crippen LogP contribution in [0.2, 0.25) is 30.7 Å². The number of imidazole rings is 1. The van der Waals surface area contributed by atoms with Gasteiger partial charge in [-0.2, -0.15) is 4.98 Å². The van der Waals surface area contributed by atoms with E-state index in [2.05, 4.69) is 52.2 Å². The molecule has 2 aromatic heterocycles.